The van der Waals surface area contributed by atoms with Gasteiger partial charge in [0.05, 0.1) is 6.54 Å². The van der Waals surface area contributed by atoms with Crippen molar-refractivity contribution in [2.24, 2.45) is 0 Å². The summed E-state index contributed by atoms with van der Waals surface area (Å²) in [5.41, 5.74) is 2.31. The maximum Gasteiger partial charge on any atom is 0.287 e. The number of furan rings is 1. The minimum absolute atomic E-state index is 0.0517. The Balaban J connectivity index is 1.20. The molecule has 0 saturated carbocycles. The lowest BCUT2D eigenvalue weighted by molar-refractivity contribution is -0.133. The summed E-state index contributed by atoms with van der Waals surface area (Å²) in [4.78, 5) is 47.1. The van der Waals surface area contributed by atoms with Crippen molar-refractivity contribution in [2.75, 3.05) is 37.6 Å². The van der Waals surface area contributed by atoms with E-state index in [2.05, 4.69) is 20.5 Å². The Hall–Kier alpha value is -4.08. The summed E-state index contributed by atoms with van der Waals surface area (Å²) in [5, 5.41) is 7.31. The number of amides is 3. The van der Waals surface area contributed by atoms with Crippen LogP contribution >= 0.6 is 23.2 Å². The van der Waals surface area contributed by atoms with Crippen molar-refractivity contribution in [3.8, 4) is 0 Å². The molecule has 2 N–H and O–H groups in total. The quantitative estimate of drug-likeness (QED) is 0.327. The van der Waals surface area contributed by atoms with Gasteiger partial charge in [0.1, 0.15) is 11.6 Å². The highest BCUT2D eigenvalue weighted by Gasteiger charge is 2.26. The van der Waals surface area contributed by atoms with Gasteiger partial charge in [-0.05, 0) is 60.2 Å². The van der Waals surface area contributed by atoms with E-state index in [0.717, 1.165) is 11.3 Å². The van der Waals surface area contributed by atoms with E-state index in [0.29, 0.717) is 47.2 Å². The minimum Gasteiger partial charge on any atom is -0.451 e. The lowest BCUT2D eigenvalue weighted by Crippen LogP contribution is -2.53. The van der Waals surface area contributed by atoms with Gasteiger partial charge in [0.15, 0.2) is 5.76 Å². The van der Waals surface area contributed by atoms with Crippen molar-refractivity contribution >= 4 is 57.6 Å². The van der Waals surface area contributed by atoms with Crippen molar-refractivity contribution in [3.05, 3.63) is 94.4 Å². The Morgan fingerprint density at radius 3 is 2.42 bits per heavy atom. The molecule has 206 valence electrons. The number of nitrogens with one attached hydrogen (secondary N) is 2. The van der Waals surface area contributed by atoms with Gasteiger partial charge >= 0.3 is 0 Å². The summed E-state index contributed by atoms with van der Waals surface area (Å²) in [6, 6.07) is 16.8. The van der Waals surface area contributed by atoms with Gasteiger partial charge in [0, 0.05) is 66.1 Å². The number of benzene rings is 2. The van der Waals surface area contributed by atoms with Crippen LogP contribution in [0.4, 0.5) is 5.69 Å². The van der Waals surface area contributed by atoms with Crippen LogP contribution < -0.4 is 15.5 Å². The molecule has 0 spiro atoms. The number of nitrogens with zero attached hydrogens (tertiary/aromatic N) is 3. The van der Waals surface area contributed by atoms with Crippen molar-refractivity contribution in [1.82, 2.24) is 20.5 Å². The van der Waals surface area contributed by atoms with Gasteiger partial charge in [0.2, 0.25) is 11.8 Å². The number of anilines is 1. The topological polar surface area (TPSA) is 108 Å². The van der Waals surface area contributed by atoms with Crippen molar-refractivity contribution in [3.63, 3.8) is 0 Å². The summed E-state index contributed by atoms with van der Waals surface area (Å²) in [5.74, 6) is -1.17. The zero-order chi connectivity index (χ0) is 28.1. The molecule has 9 nitrogen and oxygen atoms in total. The SMILES string of the molecule is O=C(N[C@@H](Cc1cccnc1)C(=O)NCC(=O)N1CCN(c2ccc(Cl)cc2)CC1)c1cc2cc(Cl)ccc2o1. The summed E-state index contributed by atoms with van der Waals surface area (Å²) in [6.07, 6.45) is 3.44. The van der Waals surface area contributed by atoms with Crippen LogP contribution in [0.5, 0.6) is 0 Å². The zero-order valence-corrected chi connectivity index (χ0v) is 23.0. The lowest BCUT2D eigenvalue weighted by Gasteiger charge is -2.36. The molecular formula is C29H27Cl2N5O4. The van der Waals surface area contributed by atoms with Crippen LogP contribution in [0.25, 0.3) is 11.0 Å². The van der Waals surface area contributed by atoms with E-state index in [9.17, 15) is 14.4 Å². The molecule has 4 aromatic rings. The van der Waals surface area contributed by atoms with Crippen molar-refractivity contribution < 1.29 is 18.8 Å². The second-order valence-electron chi connectivity index (χ2n) is 9.45. The third kappa shape index (κ3) is 6.73. The molecule has 11 heteroatoms. The van der Waals surface area contributed by atoms with Gasteiger partial charge in [0.25, 0.3) is 5.91 Å². The first-order chi connectivity index (χ1) is 19.4. The average Bonchev–Trinajstić information content (AvgIpc) is 3.40. The highest BCUT2D eigenvalue weighted by Crippen LogP contribution is 2.23. The lowest BCUT2D eigenvalue weighted by atomic mass is 10.1. The Kier molecular flexibility index (Phi) is 8.52. The van der Waals surface area contributed by atoms with Gasteiger partial charge in [-0.3, -0.25) is 19.4 Å². The van der Waals surface area contributed by atoms with Gasteiger partial charge in [-0.15, -0.1) is 0 Å². The standard InChI is InChI=1S/C29H27Cl2N5O4/c30-21-3-6-23(7-4-21)35-10-12-36(13-11-35)27(37)18-33-28(38)24(14-19-2-1-9-32-17-19)34-29(39)26-16-20-15-22(31)5-8-25(20)40-26/h1-9,15-17,24H,10-14,18H2,(H,33,38)(H,34,39)/t24-/m0/s1. The Morgan fingerprint density at radius 1 is 0.950 bits per heavy atom. The molecule has 0 radical (unpaired) electrons. The number of hydrogen-bond acceptors (Lipinski definition) is 6. The zero-order valence-electron chi connectivity index (χ0n) is 21.5. The largest absolute Gasteiger partial charge is 0.451 e. The normalized spacial score (nSPS) is 14.2. The fourth-order valence-corrected chi connectivity index (χ4v) is 4.89. The molecule has 1 saturated heterocycles. The molecule has 0 bridgehead atoms. The van der Waals surface area contributed by atoms with E-state index in [4.69, 9.17) is 27.6 Å². The second kappa shape index (κ2) is 12.4. The predicted molar refractivity (Wildman–Crippen MR) is 154 cm³/mol. The highest BCUT2D eigenvalue weighted by atomic mass is 35.5. The van der Waals surface area contributed by atoms with Gasteiger partial charge < -0.3 is 24.9 Å². The van der Waals surface area contributed by atoms with Crippen LogP contribution in [0.2, 0.25) is 10.0 Å². The first-order valence-electron chi connectivity index (χ1n) is 12.8. The van der Waals surface area contributed by atoms with E-state index in [1.807, 2.05) is 30.3 Å². The van der Waals surface area contributed by atoms with Crippen LogP contribution in [-0.4, -0.2) is 66.4 Å². The van der Waals surface area contributed by atoms with Gasteiger partial charge in [-0.25, -0.2) is 0 Å². The van der Waals surface area contributed by atoms with Gasteiger partial charge in [-0.1, -0.05) is 29.3 Å². The molecule has 3 heterocycles. The monoisotopic (exact) mass is 579 g/mol. The Morgan fingerprint density at radius 2 is 1.70 bits per heavy atom. The molecule has 40 heavy (non-hydrogen) atoms. The summed E-state index contributed by atoms with van der Waals surface area (Å²) < 4.78 is 5.65. The van der Waals surface area contributed by atoms with Crippen LogP contribution in [0, 0.1) is 0 Å². The molecule has 1 aliphatic heterocycles. The first-order valence-corrected chi connectivity index (χ1v) is 13.6. The van der Waals surface area contributed by atoms with E-state index >= 15 is 0 Å². The van der Waals surface area contributed by atoms with Crippen LogP contribution in [0.15, 0.2) is 77.5 Å². The number of carbonyl (C=O) groups is 3. The molecule has 1 aliphatic rings. The predicted octanol–water partition coefficient (Wildman–Crippen LogP) is 3.94. The average molecular weight is 580 g/mol. The van der Waals surface area contributed by atoms with Crippen molar-refractivity contribution in [2.45, 2.75) is 12.5 Å². The highest BCUT2D eigenvalue weighted by molar-refractivity contribution is 6.31. The first kappa shape index (κ1) is 27.5. The molecule has 1 atom stereocenters. The van der Waals surface area contributed by atoms with Crippen LogP contribution in [0.1, 0.15) is 16.1 Å². The summed E-state index contributed by atoms with van der Waals surface area (Å²) >= 11 is 12.0. The van der Waals surface area contributed by atoms with E-state index in [1.165, 1.54) is 0 Å². The van der Waals surface area contributed by atoms with E-state index in [1.54, 1.807) is 47.6 Å². The molecule has 2 aromatic carbocycles. The summed E-state index contributed by atoms with van der Waals surface area (Å²) in [7, 11) is 0. The molecule has 0 aliphatic carbocycles. The minimum atomic E-state index is -0.956. The third-order valence-corrected chi connectivity index (χ3v) is 7.21. The Bertz CT molecular complexity index is 1500. The van der Waals surface area contributed by atoms with Crippen molar-refractivity contribution in [1.29, 1.82) is 0 Å². The number of rotatable bonds is 8. The van der Waals surface area contributed by atoms with Gasteiger partial charge in [-0.2, -0.15) is 0 Å². The van der Waals surface area contributed by atoms with E-state index < -0.39 is 17.9 Å². The number of hydrogen-bond donors (Lipinski definition) is 2. The number of carbonyl (C=O) groups excluding carboxylic acids is 3. The smallest absolute Gasteiger partial charge is 0.287 e. The number of aromatic nitrogens is 1. The molecule has 0 unspecified atom stereocenters. The molecule has 2 aromatic heterocycles. The second-order valence-corrected chi connectivity index (χ2v) is 10.3. The molecule has 1 fully saturated rings. The number of fused-ring (bicyclic) bond motifs is 1. The maximum absolute atomic E-state index is 13.2. The molecular weight excluding hydrogens is 553 g/mol. The maximum atomic E-state index is 13.2. The number of pyridine rings is 1. The third-order valence-electron chi connectivity index (χ3n) is 6.72. The van der Waals surface area contributed by atoms with Crippen LogP contribution in [-0.2, 0) is 16.0 Å². The summed E-state index contributed by atoms with van der Waals surface area (Å²) in [6.45, 7) is 2.22. The fraction of sp³-hybridized carbons (Fsp3) is 0.241. The number of halogens is 2. The molecule has 5 rings (SSSR count). The number of piperazine rings is 1. The fourth-order valence-electron chi connectivity index (χ4n) is 4.58. The van der Waals surface area contributed by atoms with Crippen LogP contribution in [0.3, 0.4) is 0 Å². The molecule has 3 amide bonds. The Labute approximate surface area is 241 Å². The van der Waals surface area contributed by atoms with E-state index in [-0.39, 0.29) is 24.6 Å².